The van der Waals surface area contributed by atoms with E-state index in [4.69, 9.17) is 5.26 Å². The zero-order valence-electron chi connectivity index (χ0n) is 10.2. The first-order valence-electron chi connectivity index (χ1n) is 5.71. The summed E-state index contributed by atoms with van der Waals surface area (Å²) in [4.78, 5) is 4.01. The van der Waals surface area contributed by atoms with Gasteiger partial charge in [-0.2, -0.15) is 18.4 Å². The molecule has 1 aromatic carbocycles. The molecule has 0 saturated heterocycles. The van der Waals surface area contributed by atoms with Gasteiger partial charge in [0.25, 0.3) is 0 Å². The van der Waals surface area contributed by atoms with Crippen LogP contribution in [0.4, 0.5) is 13.2 Å². The smallest absolute Gasteiger partial charge is 0.257 e. The Bertz CT molecular complexity index is 668. The van der Waals surface area contributed by atoms with Crippen molar-refractivity contribution in [3.05, 3.63) is 65.5 Å². The summed E-state index contributed by atoms with van der Waals surface area (Å²) in [6.07, 6.45) is -1.43. The largest absolute Gasteiger partial charge is 0.416 e. The molecular formula is C15H9F3N2. The molecule has 100 valence electrons. The van der Waals surface area contributed by atoms with Crippen LogP contribution in [0.1, 0.15) is 16.8 Å². The molecule has 5 heteroatoms. The fourth-order valence-electron chi connectivity index (χ4n) is 1.65. The highest BCUT2D eigenvalue weighted by molar-refractivity contribution is 5.89. The van der Waals surface area contributed by atoms with Crippen molar-refractivity contribution in [3.63, 3.8) is 0 Å². The number of nitriles is 1. The lowest BCUT2D eigenvalue weighted by Crippen LogP contribution is -2.04. The van der Waals surface area contributed by atoms with Crippen LogP contribution in [0.5, 0.6) is 0 Å². The average Bonchev–Trinajstić information content (AvgIpc) is 2.45. The van der Waals surface area contributed by atoms with Crippen LogP contribution in [-0.4, -0.2) is 4.98 Å². The van der Waals surface area contributed by atoms with Crippen molar-refractivity contribution in [2.75, 3.05) is 0 Å². The maximum atomic E-state index is 12.6. The summed E-state index contributed by atoms with van der Waals surface area (Å²) in [5.41, 5.74) is 0.0846. The highest BCUT2D eigenvalue weighted by Gasteiger charge is 2.30. The van der Waals surface area contributed by atoms with E-state index >= 15 is 0 Å². The highest BCUT2D eigenvalue weighted by atomic mass is 19.4. The number of nitrogens with zero attached hydrogens (tertiary/aromatic N) is 2. The summed E-state index contributed by atoms with van der Waals surface area (Å²) in [5, 5.41) is 9.11. The topological polar surface area (TPSA) is 36.7 Å². The van der Waals surface area contributed by atoms with Gasteiger partial charge in [-0.15, -0.1) is 0 Å². The molecule has 0 bridgehead atoms. The minimum atomic E-state index is -4.43. The number of pyridine rings is 1. The molecule has 0 radical (unpaired) electrons. The van der Waals surface area contributed by atoms with Gasteiger partial charge >= 0.3 is 6.18 Å². The zero-order chi connectivity index (χ0) is 14.6. The monoisotopic (exact) mass is 274 g/mol. The molecule has 0 spiro atoms. The second-order valence-corrected chi connectivity index (χ2v) is 4.00. The van der Waals surface area contributed by atoms with E-state index in [2.05, 4.69) is 4.98 Å². The van der Waals surface area contributed by atoms with Gasteiger partial charge in [0, 0.05) is 6.20 Å². The van der Waals surface area contributed by atoms with Gasteiger partial charge in [0.1, 0.15) is 0 Å². The van der Waals surface area contributed by atoms with Crippen LogP contribution < -0.4 is 0 Å². The summed E-state index contributed by atoms with van der Waals surface area (Å²) in [7, 11) is 0. The van der Waals surface area contributed by atoms with Crippen molar-refractivity contribution in [1.82, 2.24) is 4.98 Å². The number of halogens is 3. The van der Waals surface area contributed by atoms with Crippen molar-refractivity contribution in [2.24, 2.45) is 0 Å². The molecule has 0 amide bonds. The standard InChI is InChI=1S/C15H9F3N2/c16-15(17,18)13-5-3-4-11(8-13)12(10-19)9-14-6-1-2-7-20-14/h1-9H/b12-9-. The summed E-state index contributed by atoms with van der Waals surface area (Å²) < 4.78 is 37.9. The Morgan fingerprint density at radius 2 is 1.95 bits per heavy atom. The van der Waals surface area contributed by atoms with Crippen LogP contribution in [0.25, 0.3) is 11.6 Å². The number of aromatic nitrogens is 1. The van der Waals surface area contributed by atoms with Gasteiger partial charge in [-0.1, -0.05) is 18.2 Å². The van der Waals surface area contributed by atoms with E-state index in [1.165, 1.54) is 18.2 Å². The van der Waals surface area contributed by atoms with E-state index in [0.717, 1.165) is 12.1 Å². The molecule has 0 aliphatic heterocycles. The Kier molecular flexibility index (Phi) is 3.85. The second kappa shape index (κ2) is 5.57. The first-order chi connectivity index (χ1) is 9.50. The second-order valence-electron chi connectivity index (χ2n) is 4.00. The third-order valence-electron chi connectivity index (χ3n) is 2.60. The van der Waals surface area contributed by atoms with Gasteiger partial charge < -0.3 is 0 Å². The van der Waals surface area contributed by atoms with Crippen molar-refractivity contribution in [1.29, 1.82) is 5.26 Å². The first kappa shape index (κ1) is 13.8. The van der Waals surface area contributed by atoms with Gasteiger partial charge in [0.2, 0.25) is 0 Å². The van der Waals surface area contributed by atoms with E-state index in [1.807, 2.05) is 6.07 Å². The molecule has 20 heavy (non-hydrogen) atoms. The SMILES string of the molecule is N#C/C(=C/c1ccccn1)c1cccc(C(F)(F)F)c1. The maximum absolute atomic E-state index is 12.6. The molecule has 2 aromatic rings. The third kappa shape index (κ3) is 3.23. The van der Waals surface area contributed by atoms with E-state index in [-0.39, 0.29) is 11.1 Å². The predicted octanol–water partition coefficient (Wildman–Crippen LogP) is 4.16. The fourth-order valence-corrected chi connectivity index (χ4v) is 1.65. The molecule has 0 unspecified atom stereocenters. The lowest BCUT2D eigenvalue weighted by Gasteiger charge is -2.08. The van der Waals surface area contributed by atoms with Crippen LogP contribution in [0, 0.1) is 11.3 Å². The number of allylic oxidation sites excluding steroid dienone is 1. The minimum Gasteiger partial charge on any atom is -0.257 e. The molecule has 0 atom stereocenters. The summed E-state index contributed by atoms with van der Waals surface area (Å²) in [5.74, 6) is 0. The molecule has 1 heterocycles. The van der Waals surface area contributed by atoms with Crippen LogP contribution in [0.3, 0.4) is 0 Å². The highest BCUT2D eigenvalue weighted by Crippen LogP contribution is 2.31. The molecule has 1 aromatic heterocycles. The van der Waals surface area contributed by atoms with Gasteiger partial charge in [-0.3, -0.25) is 4.98 Å². The average molecular weight is 274 g/mol. The van der Waals surface area contributed by atoms with Crippen molar-refractivity contribution >= 4 is 11.6 Å². The molecule has 2 nitrogen and oxygen atoms in total. The van der Waals surface area contributed by atoms with Crippen molar-refractivity contribution in [2.45, 2.75) is 6.18 Å². The van der Waals surface area contributed by atoms with Gasteiger partial charge in [-0.25, -0.2) is 0 Å². The molecule has 0 aliphatic carbocycles. The predicted molar refractivity (Wildman–Crippen MR) is 69.2 cm³/mol. The lowest BCUT2D eigenvalue weighted by molar-refractivity contribution is -0.137. The minimum absolute atomic E-state index is 0.134. The van der Waals surface area contributed by atoms with Crippen LogP contribution in [0.15, 0.2) is 48.7 Å². The number of hydrogen-bond acceptors (Lipinski definition) is 2. The molecular weight excluding hydrogens is 265 g/mol. The molecule has 2 rings (SSSR count). The number of rotatable bonds is 2. The molecule has 0 N–H and O–H groups in total. The van der Waals surface area contributed by atoms with Crippen molar-refractivity contribution < 1.29 is 13.2 Å². The first-order valence-corrected chi connectivity index (χ1v) is 5.71. The van der Waals surface area contributed by atoms with Gasteiger partial charge in [0.15, 0.2) is 0 Å². The summed E-state index contributed by atoms with van der Waals surface area (Å²) >= 11 is 0. The zero-order valence-corrected chi connectivity index (χ0v) is 10.2. The summed E-state index contributed by atoms with van der Waals surface area (Å²) in [6, 6.07) is 11.7. The Labute approximate surface area is 113 Å². The molecule has 0 saturated carbocycles. The number of alkyl halides is 3. The maximum Gasteiger partial charge on any atom is 0.416 e. The van der Waals surface area contributed by atoms with Crippen LogP contribution in [0.2, 0.25) is 0 Å². The van der Waals surface area contributed by atoms with Gasteiger partial charge in [-0.05, 0) is 35.9 Å². The fraction of sp³-hybridized carbons (Fsp3) is 0.0667. The van der Waals surface area contributed by atoms with Crippen molar-refractivity contribution in [3.8, 4) is 6.07 Å². The van der Waals surface area contributed by atoms with Gasteiger partial charge in [0.05, 0.1) is 22.9 Å². The quantitative estimate of drug-likeness (QED) is 0.771. The van der Waals surface area contributed by atoms with Crippen LogP contribution >= 0.6 is 0 Å². The number of hydrogen-bond donors (Lipinski definition) is 0. The van der Waals surface area contributed by atoms with Crippen LogP contribution in [-0.2, 0) is 6.18 Å². The van der Waals surface area contributed by atoms with E-state index in [1.54, 1.807) is 24.4 Å². The molecule has 0 fully saturated rings. The Balaban J connectivity index is 2.44. The number of benzene rings is 1. The Morgan fingerprint density at radius 1 is 1.15 bits per heavy atom. The van der Waals surface area contributed by atoms with E-state index in [9.17, 15) is 13.2 Å². The van der Waals surface area contributed by atoms with E-state index < -0.39 is 11.7 Å². The summed E-state index contributed by atoms with van der Waals surface area (Å²) in [6.45, 7) is 0. The Hall–Kier alpha value is -2.61. The lowest BCUT2D eigenvalue weighted by atomic mass is 10.0. The van der Waals surface area contributed by atoms with E-state index in [0.29, 0.717) is 5.69 Å². The normalized spacial score (nSPS) is 12.0. The molecule has 0 aliphatic rings. The Morgan fingerprint density at radius 3 is 2.55 bits per heavy atom. The third-order valence-corrected chi connectivity index (χ3v) is 2.60.